The van der Waals surface area contributed by atoms with Crippen LogP contribution < -0.4 is 5.32 Å². The molecule has 31 heavy (non-hydrogen) atoms. The number of thioether (sulfide) groups is 1. The van der Waals surface area contributed by atoms with Gasteiger partial charge < -0.3 is 14.8 Å². The van der Waals surface area contributed by atoms with Crippen molar-refractivity contribution in [3.05, 3.63) is 41.5 Å². The minimum atomic E-state index is 0.184. The summed E-state index contributed by atoms with van der Waals surface area (Å²) in [5.41, 5.74) is 2.06. The lowest BCUT2D eigenvalue weighted by atomic mass is 9.98. The van der Waals surface area contributed by atoms with Gasteiger partial charge in [0.25, 0.3) is 0 Å². The molecule has 2 atom stereocenters. The van der Waals surface area contributed by atoms with Gasteiger partial charge in [0, 0.05) is 30.1 Å². The van der Waals surface area contributed by atoms with E-state index in [-0.39, 0.29) is 5.91 Å². The molecule has 0 bridgehead atoms. The highest BCUT2D eigenvalue weighted by atomic mass is 32.2. The molecule has 1 aromatic carbocycles. The number of piperidine rings is 1. The van der Waals surface area contributed by atoms with Crippen molar-refractivity contribution in [3.63, 3.8) is 0 Å². The van der Waals surface area contributed by atoms with E-state index in [0.29, 0.717) is 24.4 Å². The molecule has 7 nitrogen and oxygen atoms in total. The standard InChI is InChI=1S/C22H28N6OS2/c1-15-8-7-9-16(2)28(15)20(29)14-31-22-26-25-19(27(22)3)12-23-21-24-18(13-30-21)17-10-5-4-6-11-17/h4-6,10-11,13,15-16H,7-9,12,14H2,1-3H3,(H,23,24)/t15-,16-/m0/s1. The number of aromatic nitrogens is 4. The number of hydrogen-bond donors (Lipinski definition) is 1. The molecule has 1 fully saturated rings. The summed E-state index contributed by atoms with van der Waals surface area (Å²) in [6.45, 7) is 4.82. The third-order valence-electron chi connectivity index (χ3n) is 5.70. The van der Waals surface area contributed by atoms with Crippen LogP contribution in [0, 0.1) is 0 Å². The van der Waals surface area contributed by atoms with Crippen LogP contribution in [0.1, 0.15) is 38.9 Å². The number of nitrogens with zero attached hydrogens (tertiary/aromatic N) is 5. The number of amides is 1. The van der Waals surface area contributed by atoms with E-state index in [0.717, 1.165) is 40.2 Å². The minimum Gasteiger partial charge on any atom is -0.354 e. The highest BCUT2D eigenvalue weighted by Gasteiger charge is 2.29. The Morgan fingerprint density at radius 3 is 2.68 bits per heavy atom. The summed E-state index contributed by atoms with van der Waals surface area (Å²) in [5.74, 6) is 1.38. The Labute approximate surface area is 191 Å². The average molecular weight is 457 g/mol. The van der Waals surface area contributed by atoms with Crippen molar-refractivity contribution in [2.75, 3.05) is 11.1 Å². The van der Waals surface area contributed by atoms with Gasteiger partial charge in [-0.3, -0.25) is 4.79 Å². The van der Waals surface area contributed by atoms with E-state index in [4.69, 9.17) is 0 Å². The highest BCUT2D eigenvalue weighted by Crippen LogP contribution is 2.26. The van der Waals surface area contributed by atoms with Crippen LogP contribution in [-0.4, -0.2) is 48.4 Å². The molecule has 1 aliphatic heterocycles. The van der Waals surface area contributed by atoms with E-state index in [1.54, 1.807) is 11.3 Å². The van der Waals surface area contributed by atoms with Crippen molar-refractivity contribution >= 4 is 34.1 Å². The molecule has 4 rings (SSSR count). The Hall–Kier alpha value is -2.39. The van der Waals surface area contributed by atoms with E-state index >= 15 is 0 Å². The predicted molar refractivity (Wildman–Crippen MR) is 126 cm³/mol. The molecular weight excluding hydrogens is 428 g/mol. The molecular formula is C22H28N6OS2. The van der Waals surface area contributed by atoms with Gasteiger partial charge in [0.1, 0.15) is 0 Å². The van der Waals surface area contributed by atoms with Crippen molar-refractivity contribution in [2.24, 2.45) is 7.05 Å². The third kappa shape index (κ3) is 5.10. The first-order chi connectivity index (χ1) is 15.0. The number of anilines is 1. The summed E-state index contributed by atoms with van der Waals surface area (Å²) in [4.78, 5) is 19.5. The first kappa shape index (κ1) is 21.8. The lowest BCUT2D eigenvalue weighted by molar-refractivity contribution is -0.134. The van der Waals surface area contributed by atoms with Gasteiger partial charge in [-0.15, -0.1) is 21.5 Å². The number of benzene rings is 1. The summed E-state index contributed by atoms with van der Waals surface area (Å²) in [5, 5.41) is 15.6. The molecule has 0 unspecified atom stereocenters. The van der Waals surface area contributed by atoms with Gasteiger partial charge in [0.05, 0.1) is 18.0 Å². The zero-order valence-corrected chi connectivity index (χ0v) is 19.7. The first-order valence-corrected chi connectivity index (χ1v) is 12.5. The molecule has 0 radical (unpaired) electrons. The molecule has 1 aliphatic rings. The van der Waals surface area contributed by atoms with Gasteiger partial charge in [-0.1, -0.05) is 42.1 Å². The zero-order valence-electron chi connectivity index (χ0n) is 18.1. The molecule has 1 saturated heterocycles. The van der Waals surface area contributed by atoms with Gasteiger partial charge in [-0.05, 0) is 33.1 Å². The molecule has 1 amide bonds. The van der Waals surface area contributed by atoms with Gasteiger partial charge in [-0.2, -0.15) is 0 Å². The fourth-order valence-electron chi connectivity index (χ4n) is 3.99. The lowest BCUT2D eigenvalue weighted by Gasteiger charge is -2.39. The Morgan fingerprint density at radius 1 is 1.19 bits per heavy atom. The first-order valence-electron chi connectivity index (χ1n) is 10.6. The van der Waals surface area contributed by atoms with Crippen LogP contribution >= 0.6 is 23.1 Å². The number of carbonyl (C=O) groups excluding carboxylic acids is 1. The monoisotopic (exact) mass is 456 g/mol. The third-order valence-corrected chi connectivity index (χ3v) is 7.51. The Morgan fingerprint density at radius 2 is 1.94 bits per heavy atom. The van der Waals surface area contributed by atoms with Crippen LogP contribution in [0.5, 0.6) is 0 Å². The average Bonchev–Trinajstić information content (AvgIpc) is 3.38. The largest absolute Gasteiger partial charge is 0.354 e. The smallest absolute Gasteiger partial charge is 0.233 e. The fourth-order valence-corrected chi connectivity index (χ4v) is 5.51. The molecule has 164 valence electrons. The van der Waals surface area contributed by atoms with Gasteiger partial charge in [0.15, 0.2) is 16.1 Å². The molecule has 3 aromatic rings. The number of rotatable bonds is 7. The number of nitrogens with one attached hydrogen (secondary N) is 1. The quantitative estimate of drug-likeness (QED) is 0.530. The maximum Gasteiger partial charge on any atom is 0.233 e. The van der Waals surface area contributed by atoms with Gasteiger partial charge in [-0.25, -0.2) is 4.98 Å². The van der Waals surface area contributed by atoms with Crippen molar-refractivity contribution in [3.8, 4) is 11.3 Å². The van der Waals surface area contributed by atoms with E-state index < -0.39 is 0 Å². The van der Waals surface area contributed by atoms with Crippen LogP contribution in [0.25, 0.3) is 11.3 Å². The van der Waals surface area contributed by atoms with E-state index in [1.165, 1.54) is 18.2 Å². The summed E-state index contributed by atoms with van der Waals surface area (Å²) in [6, 6.07) is 10.8. The second-order valence-corrected chi connectivity index (χ2v) is 9.73. The highest BCUT2D eigenvalue weighted by molar-refractivity contribution is 7.99. The molecule has 3 heterocycles. The molecule has 2 aromatic heterocycles. The van der Waals surface area contributed by atoms with Crippen molar-refractivity contribution in [1.82, 2.24) is 24.6 Å². The summed E-state index contributed by atoms with van der Waals surface area (Å²) < 4.78 is 1.94. The lowest BCUT2D eigenvalue weighted by Crippen LogP contribution is -2.48. The molecule has 9 heteroatoms. The SMILES string of the molecule is C[C@H]1CCC[C@H](C)N1C(=O)CSc1nnc(CNc2nc(-c3ccccc3)cs2)n1C. The summed E-state index contributed by atoms with van der Waals surface area (Å²) >= 11 is 3.03. The Bertz CT molecular complexity index is 1010. The molecule has 1 N–H and O–H groups in total. The topological polar surface area (TPSA) is 75.9 Å². The van der Waals surface area contributed by atoms with Crippen LogP contribution in [0.3, 0.4) is 0 Å². The van der Waals surface area contributed by atoms with Gasteiger partial charge in [0.2, 0.25) is 5.91 Å². The number of likely N-dealkylation sites (tertiary alicyclic amines) is 1. The van der Waals surface area contributed by atoms with Crippen LogP contribution in [0.4, 0.5) is 5.13 Å². The van der Waals surface area contributed by atoms with Crippen LogP contribution in [0.2, 0.25) is 0 Å². The zero-order chi connectivity index (χ0) is 21.8. The number of thiazole rings is 1. The van der Waals surface area contributed by atoms with E-state index in [2.05, 4.69) is 46.5 Å². The second-order valence-electron chi connectivity index (χ2n) is 7.93. The Kier molecular flexibility index (Phi) is 6.92. The van der Waals surface area contributed by atoms with Crippen LogP contribution in [0.15, 0.2) is 40.9 Å². The summed E-state index contributed by atoms with van der Waals surface area (Å²) in [7, 11) is 1.94. The normalized spacial score (nSPS) is 18.9. The Balaban J connectivity index is 1.32. The maximum atomic E-state index is 12.8. The van der Waals surface area contributed by atoms with Crippen LogP contribution in [-0.2, 0) is 18.4 Å². The predicted octanol–water partition coefficient (Wildman–Crippen LogP) is 4.43. The van der Waals surface area contributed by atoms with Crippen molar-refractivity contribution in [2.45, 2.75) is 56.9 Å². The van der Waals surface area contributed by atoms with E-state index in [9.17, 15) is 4.79 Å². The van der Waals surface area contributed by atoms with Crippen molar-refractivity contribution in [1.29, 1.82) is 0 Å². The molecule has 0 spiro atoms. The molecule has 0 aliphatic carbocycles. The van der Waals surface area contributed by atoms with Gasteiger partial charge >= 0.3 is 0 Å². The maximum absolute atomic E-state index is 12.8. The fraction of sp³-hybridized carbons (Fsp3) is 0.455. The number of carbonyl (C=O) groups is 1. The van der Waals surface area contributed by atoms with E-state index in [1.807, 2.05) is 40.1 Å². The summed E-state index contributed by atoms with van der Waals surface area (Å²) in [6.07, 6.45) is 3.37. The minimum absolute atomic E-state index is 0.184. The number of hydrogen-bond acceptors (Lipinski definition) is 7. The molecule has 0 saturated carbocycles. The second kappa shape index (κ2) is 9.82. The van der Waals surface area contributed by atoms with Crippen molar-refractivity contribution < 1.29 is 4.79 Å².